The molecule has 31 heavy (non-hydrogen) atoms. The minimum Gasteiger partial charge on any atom is -0.352 e. The Morgan fingerprint density at radius 3 is 2.29 bits per heavy atom. The van der Waals surface area contributed by atoms with E-state index in [1.165, 1.54) is 6.42 Å². The van der Waals surface area contributed by atoms with Gasteiger partial charge < -0.3 is 10.2 Å². The second-order valence-corrected chi connectivity index (χ2v) is 9.77. The fraction of sp³-hybridized carbons (Fsp3) is 0.417. The molecule has 3 rings (SSSR count). The number of hydrogen-bond acceptors (Lipinski definition) is 2. The Kier molecular flexibility index (Phi) is 8.82. The Balaban J connectivity index is 1.79. The van der Waals surface area contributed by atoms with Crippen molar-refractivity contribution in [2.45, 2.75) is 64.1 Å². The van der Waals surface area contributed by atoms with E-state index in [-0.39, 0.29) is 24.3 Å². The Hall–Kier alpha value is -1.56. The smallest absolute Gasteiger partial charge is 0.242 e. The minimum absolute atomic E-state index is 0.0378. The van der Waals surface area contributed by atoms with Crippen molar-refractivity contribution in [1.29, 1.82) is 0 Å². The van der Waals surface area contributed by atoms with E-state index in [1.54, 1.807) is 30.0 Å². The molecule has 0 aromatic heterocycles. The molecule has 1 N–H and O–H groups in total. The molecule has 166 valence electrons. The van der Waals surface area contributed by atoms with Gasteiger partial charge in [0, 0.05) is 27.1 Å². The number of halogens is 3. The van der Waals surface area contributed by atoms with Crippen LogP contribution in [0.25, 0.3) is 0 Å². The lowest BCUT2D eigenvalue weighted by atomic mass is 9.95. The lowest BCUT2D eigenvalue weighted by molar-refractivity contribution is -0.140. The summed E-state index contributed by atoms with van der Waals surface area (Å²) in [6, 6.07) is 12.5. The summed E-state index contributed by atoms with van der Waals surface area (Å²) >= 11 is 16.0. The summed E-state index contributed by atoms with van der Waals surface area (Å²) < 4.78 is 0.958. The van der Waals surface area contributed by atoms with E-state index in [9.17, 15) is 9.59 Å². The van der Waals surface area contributed by atoms with Gasteiger partial charge in [-0.1, -0.05) is 76.6 Å². The highest BCUT2D eigenvalue weighted by Gasteiger charge is 2.28. The molecule has 0 spiro atoms. The Bertz CT molecular complexity index is 894. The number of hydrogen-bond donors (Lipinski definition) is 1. The molecular formula is C24H27BrCl2N2O2. The lowest BCUT2D eigenvalue weighted by Crippen LogP contribution is -2.50. The van der Waals surface area contributed by atoms with Gasteiger partial charge >= 0.3 is 0 Å². The summed E-state index contributed by atoms with van der Waals surface area (Å²) in [5.41, 5.74) is 1.52. The van der Waals surface area contributed by atoms with Crippen LogP contribution in [0.4, 0.5) is 0 Å². The minimum atomic E-state index is -0.612. The zero-order valence-corrected chi connectivity index (χ0v) is 20.6. The van der Waals surface area contributed by atoms with Crippen LogP contribution in [0, 0.1) is 0 Å². The molecule has 0 bridgehead atoms. The monoisotopic (exact) mass is 524 g/mol. The SMILES string of the molecule is C[C@H](C(=O)NC1CCCCC1)N(Cc1ccc(Br)cc1)C(=O)Cc1c(Cl)cccc1Cl. The molecule has 1 saturated carbocycles. The molecule has 0 aliphatic heterocycles. The van der Waals surface area contributed by atoms with Gasteiger partial charge in [0.2, 0.25) is 11.8 Å². The van der Waals surface area contributed by atoms with E-state index in [4.69, 9.17) is 23.2 Å². The highest BCUT2D eigenvalue weighted by atomic mass is 79.9. The van der Waals surface area contributed by atoms with Crippen LogP contribution in [0.1, 0.15) is 50.2 Å². The molecule has 2 aromatic rings. The van der Waals surface area contributed by atoms with Gasteiger partial charge in [-0.15, -0.1) is 0 Å². The van der Waals surface area contributed by atoms with Crippen molar-refractivity contribution in [3.63, 3.8) is 0 Å². The quantitative estimate of drug-likeness (QED) is 0.470. The van der Waals surface area contributed by atoms with Gasteiger partial charge in [0.05, 0.1) is 6.42 Å². The zero-order valence-electron chi connectivity index (χ0n) is 17.5. The average molecular weight is 526 g/mol. The third-order valence-electron chi connectivity index (χ3n) is 5.77. The van der Waals surface area contributed by atoms with E-state index >= 15 is 0 Å². The summed E-state index contributed by atoms with van der Waals surface area (Å²) in [5.74, 6) is -0.313. The number of rotatable bonds is 7. The van der Waals surface area contributed by atoms with Crippen LogP contribution in [-0.4, -0.2) is 28.8 Å². The maximum absolute atomic E-state index is 13.3. The number of carbonyl (C=O) groups excluding carboxylic acids is 2. The van der Waals surface area contributed by atoms with Crippen molar-refractivity contribution in [1.82, 2.24) is 10.2 Å². The van der Waals surface area contributed by atoms with Crippen molar-refractivity contribution in [3.05, 3.63) is 68.1 Å². The number of amides is 2. The number of benzene rings is 2. The molecule has 0 radical (unpaired) electrons. The van der Waals surface area contributed by atoms with E-state index < -0.39 is 6.04 Å². The molecule has 1 aliphatic carbocycles. The van der Waals surface area contributed by atoms with Gasteiger partial charge in [0.1, 0.15) is 6.04 Å². The van der Waals surface area contributed by atoms with Crippen LogP contribution in [0.3, 0.4) is 0 Å². The Labute approximate surface area is 202 Å². The average Bonchev–Trinajstić information content (AvgIpc) is 2.76. The zero-order chi connectivity index (χ0) is 22.4. The Morgan fingerprint density at radius 2 is 1.68 bits per heavy atom. The van der Waals surface area contributed by atoms with E-state index in [1.807, 2.05) is 24.3 Å². The van der Waals surface area contributed by atoms with Gasteiger partial charge in [-0.25, -0.2) is 0 Å². The molecule has 1 aliphatic rings. The first-order chi connectivity index (χ1) is 14.8. The summed E-state index contributed by atoms with van der Waals surface area (Å²) in [6.45, 7) is 2.11. The van der Waals surface area contributed by atoms with Gasteiger partial charge in [0.15, 0.2) is 0 Å². The highest BCUT2D eigenvalue weighted by Crippen LogP contribution is 2.26. The predicted octanol–water partition coefficient (Wildman–Crippen LogP) is 6.16. The number of nitrogens with zero attached hydrogens (tertiary/aromatic N) is 1. The summed E-state index contributed by atoms with van der Waals surface area (Å²) in [7, 11) is 0. The fourth-order valence-corrected chi connectivity index (χ4v) is 4.69. The molecule has 4 nitrogen and oxygen atoms in total. The van der Waals surface area contributed by atoms with Crippen LogP contribution < -0.4 is 5.32 Å². The molecule has 0 unspecified atom stereocenters. The standard InChI is InChI=1S/C24H27BrCl2N2O2/c1-16(24(31)28-19-6-3-2-4-7-19)29(15-17-10-12-18(25)13-11-17)23(30)14-20-21(26)8-5-9-22(20)27/h5,8-13,16,19H,2-4,6-7,14-15H2,1H3,(H,28,31)/t16-/m1/s1. The van der Waals surface area contributed by atoms with Crippen molar-refractivity contribution in [2.24, 2.45) is 0 Å². The van der Waals surface area contributed by atoms with Gasteiger partial charge in [-0.2, -0.15) is 0 Å². The number of nitrogens with one attached hydrogen (secondary N) is 1. The second kappa shape index (κ2) is 11.3. The van der Waals surface area contributed by atoms with Crippen molar-refractivity contribution >= 4 is 50.9 Å². The van der Waals surface area contributed by atoms with Crippen LogP contribution in [0.15, 0.2) is 46.9 Å². The Morgan fingerprint density at radius 1 is 1.06 bits per heavy atom. The van der Waals surface area contributed by atoms with Crippen molar-refractivity contribution in [2.75, 3.05) is 0 Å². The van der Waals surface area contributed by atoms with Crippen LogP contribution in [0.2, 0.25) is 10.0 Å². The molecule has 2 aromatic carbocycles. The largest absolute Gasteiger partial charge is 0.352 e. The molecule has 1 fully saturated rings. The lowest BCUT2D eigenvalue weighted by Gasteiger charge is -2.31. The summed E-state index contributed by atoms with van der Waals surface area (Å²) in [5, 5.41) is 4.04. The third-order valence-corrected chi connectivity index (χ3v) is 7.01. The van der Waals surface area contributed by atoms with Crippen LogP contribution >= 0.6 is 39.1 Å². The maximum atomic E-state index is 13.3. The molecule has 2 amide bonds. The van der Waals surface area contributed by atoms with Gasteiger partial charge in [-0.05, 0) is 55.2 Å². The van der Waals surface area contributed by atoms with Crippen molar-refractivity contribution < 1.29 is 9.59 Å². The van der Waals surface area contributed by atoms with E-state index in [0.717, 1.165) is 35.7 Å². The van der Waals surface area contributed by atoms with E-state index in [0.29, 0.717) is 22.2 Å². The highest BCUT2D eigenvalue weighted by molar-refractivity contribution is 9.10. The number of carbonyl (C=O) groups is 2. The first kappa shape index (κ1) is 24.1. The molecule has 0 saturated heterocycles. The summed E-state index contributed by atoms with van der Waals surface area (Å²) in [4.78, 5) is 28.0. The predicted molar refractivity (Wildman–Crippen MR) is 129 cm³/mol. The third kappa shape index (κ3) is 6.71. The fourth-order valence-electron chi connectivity index (χ4n) is 3.89. The first-order valence-corrected chi connectivity index (χ1v) is 12.2. The van der Waals surface area contributed by atoms with Crippen molar-refractivity contribution in [3.8, 4) is 0 Å². The topological polar surface area (TPSA) is 49.4 Å². The normalized spacial score (nSPS) is 15.4. The summed E-state index contributed by atoms with van der Waals surface area (Å²) in [6.07, 6.45) is 5.51. The van der Waals surface area contributed by atoms with Gasteiger partial charge in [0.25, 0.3) is 0 Å². The molecule has 0 heterocycles. The van der Waals surface area contributed by atoms with E-state index in [2.05, 4.69) is 21.2 Å². The van der Waals surface area contributed by atoms with Crippen LogP contribution in [0.5, 0.6) is 0 Å². The molecular weight excluding hydrogens is 499 g/mol. The first-order valence-electron chi connectivity index (χ1n) is 10.6. The second-order valence-electron chi connectivity index (χ2n) is 8.04. The van der Waals surface area contributed by atoms with Crippen LogP contribution in [-0.2, 0) is 22.6 Å². The maximum Gasteiger partial charge on any atom is 0.242 e. The molecule has 1 atom stereocenters. The molecule has 7 heteroatoms. The van der Waals surface area contributed by atoms with Gasteiger partial charge in [-0.3, -0.25) is 9.59 Å².